The molecule has 4 nitrogen and oxygen atoms in total. The van der Waals surface area contributed by atoms with Crippen molar-refractivity contribution in [2.75, 3.05) is 6.61 Å². The molecule has 2 saturated carbocycles. The van der Waals surface area contributed by atoms with Crippen molar-refractivity contribution in [3.8, 4) is 0 Å². The Balaban J connectivity index is 1.99. The standard InChI is InChI=1S/C18H20O4/c1-17(2)14-7-8-18(17,10-19)15(20)13(14)9-11-3-5-12(6-4-11)16(21)22/h3-6,9,14,19H,7-8,10H2,1-2H3,(H,21,22). The van der Waals surface area contributed by atoms with Crippen LogP contribution >= 0.6 is 0 Å². The second-order valence-corrected chi connectivity index (χ2v) is 6.91. The Bertz CT molecular complexity index is 669. The van der Waals surface area contributed by atoms with Crippen LogP contribution in [0.5, 0.6) is 0 Å². The Morgan fingerprint density at radius 3 is 2.45 bits per heavy atom. The van der Waals surface area contributed by atoms with Crippen molar-refractivity contribution in [2.45, 2.75) is 26.7 Å². The summed E-state index contributed by atoms with van der Waals surface area (Å²) in [7, 11) is 0. The zero-order valence-corrected chi connectivity index (χ0v) is 12.8. The van der Waals surface area contributed by atoms with E-state index in [1.165, 1.54) is 0 Å². The molecule has 0 spiro atoms. The largest absolute Gasteiger partial charge is 0.478 e. The molecule has 0 radical (unpaired) electrons. The monoisotopic (exact) mass is 300 g/mol. The Kier molecular flexibility index (Phi) is 3.25. The second kappa shape index (κ2) is 4.78. The first kappa shape index (κ1) is 15.0. The number of carboxylic acid groups (broad SMARTS) is 1. The average Bonchev–Trinajstić information content (AvgIpc) is 2.83. The number of rotatable bonds is 3. The summed E-state index contributed by atoms with van der Waals surface area (Å²) in [5.41, 5.74) is 0.947. The summed E-state index contributed by atoms with van der Waals surface area (Å²) >= 11 is 0. The van der Waals surface area contributed by atoms with Crippen LogP contribution in [-0.2, 0) is 4.79 Å². The van der Waals surface area contributed by atoms with Crippen LogP contribution in [0.25, 0.3) is 6.08 Å². The van der Waals surface area contributed by atoms with Gasteiger partial charge in [-0.2, -0.15) is 0 Å². The molecule has 116 valence electrons. The zero-order valence-electron chi connectivity index (χ0n) is 12.8. The number of aromatic carboxylic acids is 1. The van der Waals surface area contributed by atoms with E-state index in [4.69, 9.17) is 5.11 Å². The molecule has 1 aromatic rings. The summed E-state index contributed by atoms with van der Waals surface area (Å²) in [5, 5.41) is 18.7. The number of fused-ring (bicyclic) bond motifs is 2. The summed E-state index contributed by atoms with van der Waals surface area (Å²) in [5.74, 6) is -0.750. The number of carbonyl (C=O) groups is 2. The van der Waals surface area contributed by atoms with Crippen LogP contribution in [0, 0.1) is 16.7 Å². The number of aliphatic hydroxyl groups is 1. The number of ketones is 1. The van der Waals surface area contributed by atoms with Gasteiger partial charge in [0.2, 0.25) is 0 Å². The summed E-state index contributed by atoms with van der Waals surface area (Å²) in [4.78, 5) is 23.7. The molecule has 0 aromatic heterocycles. The van der Waals surface area contributed by atoms with Gasteiger partial charge in [-0.15, -0.1) is 0 Å². The fourth-order valence-electron chi connectivity index (χ4n) is 4.21. The van der Waals surface area contributed by atoms with Gasteiger partial charge in [0.15, 0.2) is 5.78 Å². The van der Waals surface area contributed by atoms with Crippen LogP contribution in [0.2, 0.25) is 0 Å². The lowest BCUT2D eigenvalue weighted by molar-refractivity contribution is -0.129. The number of Topliss-reactive ketones (excluding diaryl/α,β-unsaturated/α-hetero) is 1. The van der Waals surface area contributed by atoms with Gasteiger partial charge in [-0.05, 0) is 47.9 Å². The third-order valence-corrected chi connectivity index (χ3v) is 5.79. The summed E-state index contributed by atoms with van der Waals surface area (Å²) in [6.45, 7) is 4.02. The first-order valence-corrected chi connectivity index (χ1v) is 7.54. The molecule has 2 aliphatic rings. The summed E-state index contributed by atoms with van der Waals surface area (Å²) in [6, 6.07) is 6.52. The Morgan fingerprint density at radius 2 is 1.95 bits per heavy atom. The molecule has 0 amide bonds. The van der Waals surface area contributed by atoms with Gasteiger partial charge in [0, 0.05) is 5.57 Å². The first-order valence-electron chi connectivity index (χ1n) is 7.54. The van der Waals surface area contributed by atoms with Gasteiger partial charge in [-0.25, -0.2) is 4.79 Å². The van der Waals surface area contributed by atoms with Crippen LogP contribution in [0.1, 0.15) is 42.6 Å². The number of allylic oxidation sites excluding steroid dienone is 1. The predicted octanol–water partition coefficient (Wildman–Crippen LogP) is 2.77. The normalized spacial score (nSPS) is 31.0. The topological polar surface area (TPSA) is 74.6 Å². The molecular weight excluding hydrogens is 280 g/mol. The van der Waals surface area contributed by atoms with E-state index in [9.17, 15) is 14.7 Å². The Labute approximate surface area is 129 Å². The molecule has 1 aromatic carbocycles. The smallest absolute Gasteiger partial charge is 0.335 e. The van der Waals surface area contributed by atoms with E-state index in [-0.39, 0.29) is 29.3 Å². The molecule has 3 rings (SSSR count). The number of hydrogen-bond donors (Lipinski definition) is 2. The lowest BCUT2D eigenvalue weighted by atomic mass is 9.69. The van der Waals surface area contributed by atoms with Crippen molar-refractivity contribution >= 4 is 17.8 Å². The molecule has 2 atom stereocenters. The molecule has 0 heterocycles. The SMILES string of the molecule is CC1(C)C2CCC1(CO)C(=O)C2=Cc1ccc(C(=O)O)cc1. The van der Waals surface area contributed by atoms with E-state index in [1.807, 2.05) is 6.08 Å². The van der Waals surface area contributed by atoms with Crippen LogP contribution < -0.4 is 0 Å². The Hall–Kier alpha value is -1.94. The summed E-state index contributed by atoms with van der Waals surface area (Å²) in [6.07, 6.45) is 3.52. The van der Waals surface area contributed by atoms with E-state index in [1.54, 1.807) is 24.3 Å². The molecule has 2 unspecified atom stereocenters. The van der Waals surface area contributed by atoms with Crippen molar-refractivity contribution in [2.24, 2.45) is 16.7 Å². The first-order chi connectivity index (χ1) is 10.3. The van der Waals surface area contributed by atoms with Gasteiger partial charge >= 0.3 is 5.97 Å². The van der Waals surface area contributed by atoms with E-state index < -0.39 is 11.4 Å². The zero-order chi connectivity index (χ0) is 16.1. The van der Waals surface area contributed by atoms with Gasteiger partial charge in [0.1, 0.15) is 0 Å². The van der Waals surface area contributed by atoms with Gasteiger partial charge < -0.3 is 10.2 Å². The van der Waals surface area contributed by atoms with Gasteiger partial charge in [-0.1, -0.05) is 26.0 Å². The van der Waals surface area contributed by atoms with E-state index >= 15 is 0 Å². The van der Waals surface area contributed by atoms with Crippen molar-refractivity contribution in [1.82, 2.24) is 0 Å². The van der Waals surface area contributed by atoms with Crippen molar-refractivity contribution in [3.05, 3.63) is 41.0 Å². The number of hydrogen-bond acceptors (Lipinski definition) is 3. The number of aliphatic hydroxyl groups excluding tert-OH is 1. The van der Waals surface area contributed by atoms with E-state index in [2.05, 4.69) is 13.8 Å². The maximum atomic E-state index is 12.8. The number of benzene rings is 1. The van der Waals surface area contributed by atoms with Gasteiger partial charge in [0.25, 0.3) is 0 Å². The third-order valence-electron chi connectivity index (χ3n) is 5.79. The molecule has 22 heavy (non-hydrogen) atoms. The second-order valence-electron chi connectivity index (χ2n) is 6.91. The minimum atomic E-state index is -0.962. The molecule has 2 bridgehead atoms. The van der Waals surface area contributed by atoms with Crippen LogP contribution in [0.15, 0.2) is 29.8 Å². The van der Waals surface area contributed by atoms with Crippen molar-refractivity contribution in [1.29, 1.82) is 0 Å². The molecular formula is C18H20O4. The lowest BCUT2D eigenvalue weighted by Crippen LogP contribution is -2.39. The van der Waals surface area contributed by atoms with Crippen LogP contribution in [-0.4, -0.2) is 28.6 Å². The van der Waals surface area contributed by atoms with E-state index in [0.29, 0.717) is 0 Å². The molecule has 2 fully saturated rings. The minimum absolute atomic E-state index is 0.0542. The molecule has 0 saturated heterocycles. The molecule has 2 N–H and O–H groups in total. The maximum Gasteiger partial charge on any atom is 0.335 e. The molecule has 2 aliphatic carbocycles. The molecule has 4 heteroatoms. The predicted molar refractivity (Wildman–Crippen MR) is 82.4 cm³/mol. The summed E-state index contributed by atoms with van der Waals surface area (Å²) < 4.78 is 0. The third kappa shape index (κ3) is 1.80. The van der Waals surface area contributed by atoms with Crippen molar-refractivity contribution in [3.63, 3.8) is 0 Å². The lowest BCUT2D eigenvalue weighted by Gasteiger charge is -2.33. The van der Waals surface area contributed by atoms with E-state index in [0.717, 1.165) is 24.0 Å². The van der Waals surface area contributed by atoms with Crippen LogP contribution in [0.3, 0.4) is 0 Å². The highest BCUT2D eigenvalue weighted by Crippen LogP contribution is 2.65. The molecule has 0 aliphatic heterocycles. The fourth-order valence-corrected chi connectivity index (χ4v) is 4.21. The maximum absolute atomic E-state index is 12.8. The minimum Gasteiger partial charge on any atom is -0.478 e. The highest BCUT2D eigenvalue weighted by molar-refractivity contribution is 6.08. The van der Waals surface area contributed by atoms with Crippen molar-refractivity contribution < 1.29 is 19.8 Å². The highest BCUT2D eigenvalue weighted by Gasteiger charge is 2.66. The highest BCUT2D eigenvalue weighted by atomic mass is 16.4. The van der Waals surface area contributed by atoms with Gasteiger partial charge in [-0.3, -0.25) is 4.79 Å². The quantitative estimate of drug-likeness (QED) is 0.842. The number of carbonyl (C=O) groups excluding carboxylic acids is 1. The van der Waals surface area contributed by atoms with Gasteiger partial charge in [0.05, 0.1) is 17.6 Å². The number of carboxylic acids is 1. The van der Waals surface area contributed by atoms with Crippen LogP contribution in [0.4, 0.5) is 0 Å². The Morgan fingerprint density at radius 1 is 1.32 bits per heavy atom. The fraction of sp³-hybridized carbons (Fsp3) is 0.444. The average molecular weight is 300 g/mol.